The third-order valence-corrected chi connectivity index (χ3v) is 2.20. The van der Waals surface area contributed by atoms with E-state index in [0.717, 1.165) is 6.54 Å². The molecule has 0 aliphatic heterocycles. The molecular weight excluding hydrogens is 258 g/mol. The van der Waals surface area contributed by atoms with E-state index in [9.17, 15) is 4.79 Å². The van der Waals surface area contributed by atoms with Gasteiger partial charge in [-0.2, -0.15) is 0 Å². The summed E-state index contributed by atoms with van der Waals surface area (Å²) in [7, 11) is 1.56. The van der Waals surface area contributed by atoms with E-state index in [1.165, 1.54) is 0 Å². The molecule has 0 saturated heterocycles. The lowest BCUT2D eigenvalue weighted by atomic mass is 10.3. The zero-order chi connectivity index (χ0) is 12.7. The first kappa shape index (κ1) is 16.9. The summed E-state index contributed by atoms with van der Waals surface area (Å²) in [5, 5.41) is 9.64. The predicted octanol–water partition coefficient (Wildman–Crippen LogP) is 0.971. The highest BCUT2D eigenvalue weighted by Crippen LogP contribution is 2.04. The van der Waals surface area contributed by atoms with Crippen LogP contribution in [0.1, 0.15) is 30.1 Å². The van der Waals surface area contributed by atoms with Crippen molar-refractivity contribution >= 4 is 18.3 Å². The lowest BCUT2D eigenvalue weighted by molar-refractivity contribution is 0.0940. The largest absolute Gasteiger partial charge is 0.377 e. The molecule has 0 saturated carbocycles. The van der Waals surface area contributed by atoms with Gasteiger partial charge >= 0.3 is 0 Å². The van der Waals surface area contributed by atoms with Crippen LogP contribution in [0.2, 0.25) is 0 Å². The van der Waals surface area contributed by atoms with Gasteiger partial charge in [0, 0.05) is 25.8 Å². The Labute approximate surface area is 113 Å². The van der Waals surface area contributed by atoms with Crippen LogP contribution in [0.25, 0.3) is 0 Å². The van der Waals surface area contributed by atoms with Crippen LogP contribution in [0.4, 0.5) is 0 Å². The summed E-state index contributed by atoms with van der Waals surface area (Å²) >= 11 is 0. The summed E-state index contributed by atoms with van der Waals surface area (Å²) in [6.07, 6.45) is 0. The van der Waals surface area contributed by atoms with E-state index in [0.29, 0.717) is 18.9 Å². The highest BCUT2D eigenvalue weighted by molar-refractivity contribution is 5.92. The van der Waals surface area contributed by atoms with Crippen molar-refractivity contribution in [1.82, 2.24) is 15.8 Å². The molecule has 0 spiro atoms. The quantitative estimate of drug-likeness (QED) is 0.777. The van der Waals surface area contributed by atoms with Crippen molar-refractivity contribution in [3.63, 3.8) is 0 Å². The Bertz CT molecular complexity index is 357. The SMILES string of the molecule is CCN[C@H](C)CNC(=O)c1cc(COC)on1.Cl. The number of amides is 1. The standard InChI is InChI=1S/C11H19N3O3.ClH/c1-4-12-8(2)6-13-11(15)10-5-9(7-16-3)17-14-10;/h5,8,12H,4,6-7H2,1-3H3,(H,13,15);1H/t8-;/m1./s1. The number of nitrogens with one attached hydrogen (secondary N) is 2. The van der Waals surface area contributed by atoms with Gasteiger partial charge in [0.05, 0.1) is 0 Å². The van der Waals surface area contributed by atoms with E-state index in [1.807, 2.05) is 13.8 Å². The van der Waals surface area contributed by atoms with Gasteiger partial charge in [0.1, 0.15) is 6.61 Å². The Kier molecular flexibility index (Phi) is 8.36. The molecule has 0 fully saturated rings. The highest BCUT2D eigenvalue weighted by Gasteiger charge is 2.12. The number of halogens is 1. The fraction of sp³-hybridized carbons (Fsp3) is 0.636. The second kappa shape index (κ2) is 8.91. The monoisotopic (exact) mass is 277 g/mol. The van der Waals surface area contributed by atoms with Gasteiger partial charge in [-0.3, -0.25) is 4.79 Å². The number of likely N-dealkylation sites (N-methyl/N-ethyl adjacent to an activating group) is 1. The van der Waals surface area contributed by atoms with E-state index in [2.05, 4.69) is 15.8 Å². The molecule has 104 valence electrons. The fourth-order valence-electron chi connectivity index (χ4n) is 1.39. The number of aromatic nitrogens is 1. The van der Waals surface area contributed by atoms with Crippen LogP contribution >= 0.6 is 12.4 Å². The predicted molar refractivity (Wildman–Crippen MR) is 69.9 cm³/mol. The maximum Gasteiger partial charge on any atom is 0.273 e. The van der Waals surface area contributed by atoms with E-state index < -0.39 is 0 Å². The van der Waals surface area contributed by atoms with E-state index in [-0.39, 0.29) is 30.0 Å². The number of methoxy groups -OCH3 is 1. The normalized spacial score (nSPS) is 11.7. The van der Waals surface area contributed by atoms with Gasteiger partial charge in [-0.1, -0.05) is 12.1 Å². The topological polar surface area (TPSA) is 76.4 Å². The summed E-state index contributed by atoms with van der Waals surface area (Å²) in [5.41, 5.74) is 0.278. The van der Waals surface area contributed by atoms with Crippen molar-refractivity contribution in [2.75, 3.05) is 20.2 Å². The van der Waals surface area contributed by atoms with Crippen LogP contribution in [0.15, 0.2) is 10.6 Å². The Balaban J connectivity index is 0.00000289. The van der Waals surface area contributed by atoms with Crippen molar-refractivity contribution in [1.29, 1.82) is 0 Å². The van der Waals surface area contributed by atoms with Crippen LogP contribution in [-0.4, -0.2) is 37.3 Å². The molecule has 0 aliphatic carbocycles. The fourth-order valence-corrected chi connectivity index (χ4v) is 1.39. The molecule has 0 radical (unpaired) electrons. The summed E-state index contributed by atoms with van der Waals surface area (Å²) in [4.78, 5) is 11.7. The zero-order valence-electron chi connectivity index (χ0n) is 10.9. The maximum absolute atomic E-state index is 11.7. The van der Waals surface area contributed by atoms with Gasteiger partial charge in [0.2, 0.25) is 0 Å². The number of hydrogen-bond acceptors (Lipinski definition) is 5. The maximum atomic E-state index is 11.7. The van der Waals surface area contributed by atoms with Crippen LogP contribution < -0.4 is 10.6 Å². The minimum atomic E-state index is -0.235. The first-order valence-corrected chi connectivity index (χ1v) is 5.63. The van der Waals surface area contributed by atoms with Gasteiger partial charge in [-0.25, -0.2) is 0 Å². The first-order valence-electron chi connectivity index (χ1n) is 5.63. The average molecular weight is 278 g/mol. The zero-order valence-corrected chi connectivity index (χ0v) is 11.7. The number of rotatable bonds is 7. The van der Waals surface area contributed by atoms with Crippen LogP contribution in [-0.2, 0) is 11.3 Å². The van der Waals surface area contributed by atoms with Gasteiger partial charge in [0.25, 0.3) is 5.91 Å². The molecule has 18 heavy (non-hydrogen) atoms. The molecule has 0 aromatic carbocycles. The van der Waals surface area contributed by atoms with E-state index in [1.54, 1.807) is 13.2 Å². The minimum absolute atomic E-state index is 0. The van der Waals surface area contributed by atoms with Gasteiger partial charge in [0.15, 0.2) is 11.5 Å². The molecule has 0 aliphatic rings. The third kappa shape index (κ3) is 5.48. The molecule has 2 N–H and O–H groups in total. The van der Waals surface area contributed by atoms with Crippen molar-refractivity contribution < 1.29 is 14.1 Å². The molecule has 1 atom stereocenters. The van der Waals surface area contributed by atoms with Crippen LogP contribution in [0.5, 0.6) is 0 Å². The van der Waals surface area contributed by atoms with Crippen LogP contribution in [0.3, 0.4) is 0 Å². The highest BCUT2D eigenvalue weighted by atomic mass is 35.5. The molecular formula is C11H20ClN3O3. The average Bonchev–Trinajstić information content (AvgIpc) is 2.75. The van der Waals surface area contributed by atoms with Crippen molar-refractivity contribution in [2.45, 2.75) is 26.5 Å². The summed E-state index contributed by atoms with van der Waals surface area (Å²) in [6.45, 7) is 5.77. The summed E-state index contributed by atoms with van der Waals surface area (Å²) < 4.78 is 9.80. The molecule has 1 heterocycles. The Morgan fingerprint density at radius 3 is 2.94 bits per heavy atom. The van der Waals surface area contributed by atoms with Gasteiger partial charge < -0.3 is 19.9 Å². The number of carbonyl (C=O) groups excluding carboxylic acids is 1. The molecule has 6 nitrogen and oxygen atoms in total. The lowest BCUT2D eigenvalue weighted by Gasteiger charge is -2.12. The summed E-state index contributed by atoms with van der Waals surface area (Å²) in [6, 6.07) is 1.81. The van der Waals surface area contributed by atoms with E-state index in [4.69, 9.17) is 9.26 Å². The Morgan fingerprint density at radius 2 is 2.33 bits per heavy atom. The molecule has 1 aromatic rings. The molecule has 7 heteroatoms. The second-order valence-electron chi connectivity index (χ2n) is 3.78. The van der Waals surface area contributed by atoms with Gasteiger partial charge in [-0.15, -0.1) is 12.4 Å². The Morgan fingerprint density at radius 1 is 1.61 bits per heavy atom. The summed E-state index contributed by atoms with van der Waals surface area (Å²) in [5.74, 6) is 0.304. The van der Waals surface area contributed by atoms with E-state index >= 15 is 0 Å². The molecule has 1 amide bonds. The first-order chi connectivity index (χ1) is 8.17. The van der Waals surface area contributed by atoms with Crippen molar-refractivity contribution in [3.8, 4) is 0 Å². The number of nitrogens with zero attached hydrogens (tertiary/aromatic N) is 1. The minimum Gasteiger partial charge on any atom is -0.377 e. The van der Waals surface area contributed by atoms with Gasteiger partial charge in [-0.05, 0) is 13.5 Å². The van der Waals surface area contributed by atoms with Crippen molar-refractivity contribution in [2.24, 2.45) is 0 Å². The molecule has 0 bridgehead atoms. The molecule has 1 aromatic heterocycles. The Hall–Kier alpha value is -1.11. The molecule has 1 rings (SSSR count). The van der Waals surface area contributed by atoms with Crippen LogP contribution in [0, 0.1) is 0 Å². The molecule has 0 unspecified atom stereocenters. The van der Waals surface area contributed by atoms with Crippen molar-refractivity contribution in [3.05, 3.63) is 17.5 Å². The third-order valence-electron chi connectivity index (χ3n) is 2.20. The smallest absolute Gasteiger partial charge is 0.273 e. The second-order valence-corrected chi connectivity index (χ2v) is 3.78. The number of ether oxygens (including phenoxy) is 1. The number of hydrogen-bond donors (Lipinski definition) is 2. The number of carbonyl (C=O) groups is 1. The lowest BCUT2D eigenvalue weighted by Crippen LogP contribution is -2.38.